The maximum atomic E-state index is 4.70. The van der Waals surface area contributed by atoms with Crippen LogP contribution in [0.15, 0.2) is 24.9 Å². The Morgan fingerprint density at radius 2 is 1.88 bits per heavy atom. The summed E-state index contributed by atoms with van der Waals surface area (Å²) in [6, 6.07) is 0. The van der Waals surface area contributed by atoms with Crippen molar-refractivity contribution in [2.45, 2.75) is 26.2 Å². The molecule has 1 saturated heterocycles. The van der Waals surface area contributed by atoms with E-state index in [4.69, 9.17) is 4.98 Å². The number of fused-ring (bicyclic) bond motifs is 3. The minimum atomic E-state index is 0.780. The van der Waals surface area contributed by atoms with Crippen LogP contribution in [0.4, 0.5) is 11.6 Å². The first-order valence-electron chi connectivity index (χ1n) is 9.31. The molecule has 26 heavy (non-hydrogen) atoms. The van der Waals surface area contributed by atoms with Crippen molar-refractivity contribution in [3.05, 3.63) is 35.4 Å². The lowest BCUT2D eigenvalue weighted by Crippen LogP contribution is -2.47. The summed E-state index contributed by atoms with van der Waals surface area (Å²) in [5.74, 6) is 2.87. The monoisotopic (exact) mass is 366 g/mol. The maximum Gasteiger partial charge on any atom is 0.147 e. The number of rotatable bonds is 2. The molecule has 6 nitrogen and oxygen atoms in total. The normalized spacial score (nSPS) is 20.4. The van der Waals surface area contributed by atoms with Crippen molar-refractivity contribution >= 4 is 33.2 Å². The molecule has 5 rings (SSSR count). The third-order valence-electron chi connectivity index (χ3n) is 5.52. The average Bonchev–Trinajstić information content (AvgIpc) is 3.06. The fourth-order valence-electron chi connectivity index (χ4n) is 4.10. The molecular weight excluding hydrogens is 344 g/mol. The van der Waals surface area contributed by atoms with Gasteiger partial charge in [0.25, 0.3) is 0 Å². The van der Waals surface area contributed by atoms with Gasteiger partial charge in [-0.15, -0.1) is 11.3 Å². The van der Waals surface area contributed by atoms with Crippen molar-refractivity contribution in [1.82, 2.24) is 19.9 Å². The van der Waals surface area contributed by atoms with E-state index >= 15 is 0 Å². The lowest BCUT2D eigenvalue weighted by Gasteiger charge is -2.36. The topological polar surface area (TPSA) is 58.0 Å². The van der Waals surface area contributed by atoms with Gasteiger partial charge >= 0.3 is 0 Å². The van der Waals surface area contributed by atoms with Gasteiger partial charge < -0.3 is 9.80 Å². The average molecular weight is 366 g/mol. The molecule has 0 radical (unpaired) electrons. The molecule has 3 aromatic heterocycles. The van der Waals surface area contributed by atoms with E-state index in [0.29, 0.717) is 0 Å². The Balaban J connectivity index is 1.43. The zero-order chi connectivity index (χ0) is 17.5. The summed E-state index contributed by atoms with van der Waals surface area (Å²) in [5.41, 5.74) is 1.51. The third-order valence-corrected chi connectivity index (χ3v) is 6.69. The highest BCUT2D eigenvalue weighted by atomic mass is 32.1. The molecule has 7 heteroatoms. The smallest absolute Gasteiger partial charge is 0.147 e. The first kappa shape index (κ1) is 15.9. The van der Waals surface area contributed by atoms with Gasteiger partial charge in [-0.2, -0.15) is 0 Å². The molecule has 0 spiro atoms. The Hall–Kier alpha value is -2.28. The lowest BCUT2D eigenvalue weighted by molar-refractivity contribution is 0.509. The molecule has 0 unspecified atom stereocenters. The Kier molecular flexibility index (Phi) is 3.96. The van der Waals surface area contributed by atoms with Crippen LogP contribution in [0.3, 0.4) is 0 Å². The van der Waals surface area contributed by atoms with Gasteiger partial charge in [-0.3, -0.25) is 4.98 Å². The van der Waals surface area contributed by atoms with Gasteiger partial charge in [-0.1, -0.05) is 6.92 Å². The van der Waals surface area contributed by atoms with E-state index < -0.39 is 0 Å². The Morgan fingerprint density at radius 3 is 2.69 bits per heavy atom. The SMILES string of the molecule is C[C@@H]1CCc2c(sc3ncnc(N4CCN(c5cnccn5)CC4)c23)C1. The number of hydrogen-bond donors (Lipinski definition) is 0. The molecule has 1 atom stereocenters. The van der Waals surface area contributed by atoms with Crippen LogP contribution in [0.5, 0.6) is 0 Å². The van der Waals surface area contributed by atoms with Crippen molar-refractivity contribution in [1.29, 1.82) is 0 Å². The van der Waals surface area contributed by atoms with E-state index in [-0.39, 0.29) is 0 Å². The van der Waals surface area contributed by atoms with Crippen LogP contribution < -0.4 is 9.80 Å². The standard InChI is InChI=1S/C19H22N6S/c1-13-2-3-14-15(10-13)26-19-17(14)18(22-12-23-19)25-8-6-24(7-9-25)16-11-20-4-5-21-16/h4-5,11-13H,2-3,6-10H2,1H3/t13-/m1/s1. The van der Waals surface area contributed by atoms with E-state index in [2.05, 4.69) is 31.7 Å². The Labute approximate surface area is 156 Å². The number of hydrogen-bond acceptors (Lipinski definition) is 7. The molecule has 0 aromatic carbocycles. The number of aromatic nitrogens is 4. The van der Waals surface area contributed by atoms with E-state index in [9.17, 15) is 0 Å². The van der Waals surface area contributed by atoms with Crippen LogP contribution in [0.1, 0.15) is 23.8 Å². The fraction of sp³-hybridized carbons (Fsp3) is 0.474. The molecule has 3 aromatic rings. The molecule has 1 aliphatic heterocycles. The number of nitrogens with zero attached hydrogens (tertiary/aromatic N) is 6. The fourth-order valence-corrected chi connectivity index (χ4v) is 5.45. The van der Waals surface area contributed by atoms with Crippen LogP contribution in [-0.2, 0) is 12.8 Å². The molecule has 134 valence electrons. The largest absolute Gasteiger partial charge is 0.352 e. The highest BCUT2D eigenvalue weighted by molar-refractivity contribution is 7.19. The van der Waals surface area contributed by atoms with Crippen molar-refractivity contribution in [3.8, 4) is 0 Å². The van der Waals surface area contributed by atoms with Crippen LogP contribution in [-0.4, -0.2) is 46.1 Å². The number of piperazine rings is 1. The zero-order valence-corrected chi connectivity index (χ0v) is 15.7. The Morgan fingerprint density at radius 1 is 1.04 bits per heavy atom. The van der Waals surface area contributed by atoms with E-state index in [1.807, 2.05) is 17.5 Å². The van der Waals surface area contributed by atoms with E-state index in [0.717, 1.165) is 55.0 Å². The van der Waals surface area contributed by atoms with Crippen LogP contribution in [0.2, 0.25) is 0 Å². The molecule has 1 aliphatic carbocycles. The predicted octanol–water partition coefficient (Wildman–Crippen LogP) is 2.93. The summed E-state index contributed by atoms with van der Waals surface area (Å²) >= 11 is 1.87. The predicted molar refractivity (Wildman–Crippen MR) is 105 cm³/mol. The van der Waals surface area contributed by atoms with Crippen molar-refractivity contribution in [2.75, 3.05) is 36.0 Å². The number of thiophene rings is 1. The van der Waals surface area contributed by atoms with Gasteiger partial charge in [0.05, 0.1) is 11.6 Å². The molecule has 4 heterocycles. The molecular formula is C19H22N6S. The second-order valence-electron chi connectivity index (χ2n) is 7.27. The van der Waals surface area contributed by atoms with E-state index in [1.165, 1.54) is 28.7 Å². The number of anilines is 2. The van der Waals surface area contributed by atoms with Gasteiger partial charge in [0, 0.05) is 43.4 Å². The van der Waals surface area contributed by atoms with Gasteiger partial charge in [0.15, 0.2) is 0 Å². The quantitative estimate of drug-likeness (QED) is 0.695. The minimum absolute atomic E-state index is 0.780. The first-order valence-corrected chi connectivity index (χ1v) is 10.1. The Bertz CT molecular complexity index is 916. The molecule has 2 aliphatic rings. The summed E-state index contributed by atoms with van der Waals surface area (Å²) in [6.07, 6.45) is 10.7. The maximum absolute atomic E-state index is 4.70. The first-order chi connectivity index (χ1) is 12.8. The van der Waals surface area contributed by atoms with Gasteiger partial charge in [-0.25, -0.2) is 15.0 Å². The van der Waals surface area contributed by atoms with Crippen molar-refractivity contribution < 1.29 is 0 Å². The zero-order valence-electron chi connectivity index (χ0n) is 14.9. The summed E-state index contributed by atoms with van der Waals surface area (Å²) < 4.78 is 0. The number of aryl methyl sites for hydroxylation is 1. The molecule has 0 amide bonds. The van der Waals surface area contributed by atoms with Crippen LogP contribution in [0, 0.1) is 5.92 Å². The summed E-state index contributed by atoms with van der Waals surface area (Å²) in [5, 5.41) is 1.31. The highest BCUT2D eigenvalue weighted by Crippen LogP contribution is 2.40. The van der Waals surface area contributed by atoms with Gasteiger partial charge in [0.2, 0.25) is 0 Å². The van der Waals surface area contributed by atoms with Crippen molar-refractivity contribution in [3.63, 3.8) is 0 Å². The minimum Gasteiger partial charge on any atom is -0.352 e. The lowest BCUT2D eigenvalue weighted by atomic mass is 9.89. The molecule has 0 N–H and O–H groups in total. The second kappa shape index (κ2) is 6.46. The summed E-state index contributed by atoms with van der Waals surface area (Å²) in [6.45, 7) is 6.13. The van der Waals surface area contributed by atoms with Gasteiger partial charge in [-0.05, 0) is 30.7 Å². The summed E-state index contributed by atoms with van der Waals surface area (Å²) in [4.78, 5) is 25.3. The molecule has 1 fully saturated rings. The van der Waals surface area contributed by atoms with Crippen LogP contribution >= 0.6 is 11.3 Å². The third kappa shape index (κ3) is 2.70. The molecule has 0 saturated carbocycles. The van der Waals surface area contributed by atoms with Crippen LogP contribution in [0.25, 0.3) is 10.2 Å². The van der Waals surface area contributed by atoms with Gasteiger partial charge in [0.1, 0.15) is 22.8 Å². The second-order valence-corrected chi connectivity index (χ2v) is 8.35. The van der Waals surface area contributed by atoms with Crippen molar-refractivity contribution in [2.24, 2.45) is 5.92 Å². The summed E-state index contributed by atoms with van der Waals surface area (Å²) in [7, 11) is 0. The van der Waals surface area contributed by atoms with E-state index in [1.54, 1.807) is 18.7 Å². The molecule has 0 bridgehead atoms. The highest BCUT2D eigenvalue weighted by Gasteiger charge is 2.26.